The topological polar surface area (TPSA) is 57.5 Å². The molecule has 0 aromatic rings. The van der Waals surface area contributed by atoms with Gasteiger partial charge in [-0.15, -0.1) is 0 Å². The Morgan fingerprint density at radius 2 is 2.10 bits per heavy atom. The van der Waals surface area contributed by atoms with Gasteiger partial charge in [0.25, 0.3) is 0 Å². The zero-order valence-corrected chi connectivity index (χ0v) is 6.50. The quantitative estimate of drug-likeness (QED) is 0.451. The number of hydrogen-bond acceptors (Lipinski definition) is 1. The van der Waals surface area contributed by atoms with E-state index < -0.39 is 13.3 Å². The van der Waals surface area contributed by atoms with E-state index in [0.29, 0.717) is 12.8 Å². The molecule has 1 unspecified atom stereocenters. The van der Waals surface area contributed by atoms with Gasteiger partial charge in [0.1, 0.15) is 0 Å². The van der Waals surface area contributed by atoms with Gasteiger partial charge in [-0.1, -0.05) is 12.2 Å². The molecule has 0 heterocycles. The molecule has 1 aliphatic rings. The molecule has 58 valence electrons. The molecule has 3 nitrogen and oxygen atoms in total. The van der Waals surface area contributed by atoms with Crippen molar-refractivity contribution in [2.24, 2.45) is 0 Å². The fourth-order valence-corrected chi connectivity index (χ4v) is 1.96. The fourth-order valence-electron chi connectivity index (χ4n) is 1.08. The SMILES string of the molecule is O=P(O)(O)C1CC=CCC1. The Labute approximate surface area is 59.9 Å². The van der Waals surface area contributed by atoms with Gasteiger partial charge in [-0.3, -0.25) is 4.57 Å². The molecule has 0 aliphatic heterocycles. The van der Waals surface area contributed by atoms with Crippen LogP contribution in [0.25, 0.3) is 0 Å². The predicted octanol–water partition coefficient (Wildman–Crippen LogP) is 1.27. The molecule has 1 rings (SSSR count). The van der Waals surface area contributed by atoms with Crippen LogP contribution >= 0.6 is 7.60 Å². The zero-order chi connectivity index (χ0) is 7.61. The molecule has 0 saturated carbocycles. The first-order chi connectivity index (χ1) is 4.61. The molecular formula is C6H11O3P. The highest BCUT2D eigenvalue weighted by Crippen LogP contribution is 2.46. The summed E-state index contributed by atoms with van der Waals surface area (Å²) in [7, 11) is -3.79. The molecule has 0 spiro atoms. The minimum atomic E-state index is -3.79. The van der Waals surface area contributed by atoms with E-state index in [2.05, 4.69) is 0 Å². The molecule has 0 bridgehead atoms. The van der Waals surface area contributed by atoms with Crippen molar-refractivity contribution >= 4 is 7.60 Å². The molecule has 4 heteroatoms. The van der Waals surface area contributed by atoms with Crippen molar-refractivity contribution in [3.63, 3.8) is 0 Å². The van der Waals surface area contributed by atoms with E-state index in [1.807, 2.05) is 12.2 Å². The third kappa shape index (κ3) is 1.94. The third-order valence-electron chi connectivity index (χ3n) is 1.72. The van der Waals surface area contributed by atoms with Crippen LogP contribution in [0.5, 0.6) is 0 Å². The van der Waals surface area contributed by atoms with Crippen LogP contribution in [-0.4, -0.2) is 15.4 Å². The molecule has 0 aromatic carbocycles. The summed E-state index contributed by atoms with van der Waals surface area (Å²) in [5, 5.41) is 0. The summed E-state index contributed by atoms with van der Waals surface area (Å²) in [5.41, 5.74) is -0.419. The van der Waals surface area contributed by atoms with Crippen molar-refractivity contribution in [3.8, 4) is 0 Å². The van der Waals surface area contributed by atoms with Gasteiger partial charge in [-0.05, 0) is 19.3 Å². The first kappa shape index (κ1) is 7.99. The van der Waals surface area contributed by atoms with Gasteiger partial charge in [0.15, 0.2) is 0 Å². The molecule has 10 heavy (non-hydrogen) atoms. The van der Waals surface area contributed by atoms with Gasteiger partial charge in [-0.25, -0.2) is 0 Å². The van der Waals surface area contributed by atoms with Gasteiger partial charge in [0.2, 0.25) is 0 Å². The van der Waals surface area contributed by atoms with E-state index in [0.717, 1.165) is 6.42 Å². The second-order valence-electron chi connectivity index (χ2n) is 2.53. The van der Waals surface area contributed by atoms with Crippen LogP contribution in [0.4, 0.5) is 0 Å². The predicted molar refractivity (Wildman–Crippen MR) is 38.8 cm³/mol. The molecule has 0 radical (unpaired) electrons. The van der Waals surface area contributed by atoms with Gasteiger partial charge in [0.05, 0.1) is 5.66 Å². The van der Waals surface area contributed by atoms with Gasteiger partial charge >= 0.3 is 7.60 Å². The third-order valence-corrected chi connectivity index (χ3v) is 3.14. The van der Waals surface area contributed by atoms with E-state index >= 15 is 0 Å². The normalized spacial score (nSPS) is 26.8. The van der Waals surface area contributed by atoms with Crippen LogP contribution < -0.4 is 0 Å². The van der Waals surface area contributed by atoms with Crippen molar-refractivity contribution < 1.29 is 14.4 Å². The largest absolute Gasteiger partial charge is 0.328 e. The van der Waals surface area contributed by atoms with Crippen molar-refractivity contribution in [3.05, 3.63) is 12.2 Å². The van der Waals surface area contributed by atoms with Gasteiger partial charge < -0.3 is 9.79 Å². The molecule has 0 saturated heterocycles. The zero-order valence-electron chi connectivity index (χ0n) is 5.60. The summed E-state index contributed by atoms with van der Waals surface area (Å²) in [6.07, 6.45) is 5.76. The minimum Gasteiger partial charge on any atom is -0.324 e. The maximum absolute atomic E-state index is 10.6. The summed E-state index contributed by atoms with van der Waals surface area (Å²) in [6.45, 7) is 0. The second-order valence-corrected chi connectivity index (χ2v) is 4.44. The van der Waals surface area contributed by atoms with Crippen LogP contribution in [0, 0.1) is 0 Å². The van der Waals surface area contributed by atoms with E-state index in [1.165, 1.54) is 0 Å². The van der Waals surface area contributed by atoms with E-state index in [-0.39, 0.29) is 0 Å². The Balaban J connectivity index is 2.58. The van der Waals surface area contributed by atoms with Crippen molar-refractivity contribution in [2.75, 3.05) is 0 Å². The smallest absolute Gasteiger partial charge is 0.324 e. The fraction of sp³-hybridized carbons (Fsp3) is 0.667. The summed E-state index contributed by atoms with van der Waals surface area (Å²) in [6, 6.07) is 0. The summed E-state index contributed by atoms with van der Waals surface area (Å²) in [4.78, 5) is 17.4. The average molecular weight is 162 g/mol. The first-order valence-corrected chi connectivity index (χ1v) is 4.99. The molecule has 0 aromatic heterocycles. The lowest BCUT2D eigenvalue weighted by Gasteiger charge is -2.18. The molecule has 0 fully saturated rings. The number of hydrogen-bond donors (Lipinski definition) is 2. The standard InChI is InChI=1S/C6H11O3P/c7-10(8,9)6-4-2-1-3-5-6/h1-2,6H,3-5H2,(H2,7,8,9). The minimum absolute atomic E-state index is 0.419. The maximum Gasteiger partial charge on any atom is 0.328 e. The lowest BCUT2D eigenvalue weighted by Crippen LogP contribution is -2.09. The second kappa shape index (κ2) is 2.87. The number of allylic oxidation sites excluding steroid dienone is 2. The molecule has 1 aliphatic carbocycles. The van der Waals surface area contributed by atoms with Crippen LogP contribution in [0.15, 0.2) is 12.2 Å². The average Bonchev–Trinajstić information content (AvgIpc) is 1.88. The Kier molecular flexibility index (Phi) is 2.29. The summed E-state index contributed by atoms with van der Waals surface area (Å²) in [5.74, 6) is 0. The monoisotopic (exact) mass is 162 g/mol. The van der Waals surface area contributed by atoms with Crippen molar-refractivity contribution in [1.29, 1.82) is 0 Å². The van der Waals surface area contributed by atoms with Crippen molar-refractivity contribution in [2.45, 2.75) is 24.9 Å². The highest BCUT2D eigenvalue weighted by Gasteiger charge is 2.27. The lowest BCUT2D eigenvalue weighted by atomic mass is 10.1. The Bertz CT molecular complexity index is 181. The summed E-state index contributed by atoms with van der Waals surface area (Å²) < 4.78 is 10.6. The number of rotatable bonds is 1. The van der Waals surface area contributed by atoms with Crippen LogP contribution in [0.2, 0.25) is 0 Å². The highest BCUT2D eigenvalue weighted by atomic mass is 31.2. The van der Waals surface area contributed by atoms with Crippen LogP contribution in [0.1, 0.15) is 19.3 Å². The van der Waals surface area contributed by atoms with E-state index in [4.69, 9.17) is 9.79 Å². The van der Waals surface area contributed by atoms with E-state index in [1.54, 1.807) is 0 Å². The van der Waals surface area contributed by atoms with Crippen LogP contribution in [0.3, 0.4) is 0 Å². The van der Waals surface area contributed by atoms with Gasteiger partial charge in [0, 0.05) is 0 Å². The lowest BCUT2D eigenvalue weighted by molar-refractivity contribution is 0.353. The Hall–Kier alpha value is -0.110. The Morgan fingerprint density at radius 1 is 1.40 bits per heavy atom. The van der Waals surface area contributed by atoms with Crippen LogP contribution in [-0.2, 0) is 4.57 Å². The molecule has 1 atom stereocenters. The summed E-state index contributed by atoms with van der Waals surface area (Å²) >= 11 is 0. The highest BCUT2D eigenvalue weighted by molar-refractivity contribution is 7.52. The van der Waals surface area contributed by atoms with Gasteiger partial charge in [-0.2, -0.15) is 0 Å². The molecule has 2 N–H and O–H groups in total. The van der Waals surface area contributed by atoms with E-state index in [9.17, 15) is 4.57 Å². The first-order valence-electron chi connectivity index (χ1n) is 3.31. The molecule has 0 amide bonds. The van der Waals surface area contributed by atoms with Crippen molar-refractivity contribution in [1.82, 2.24) is 0 Å². The Morgan fingerprint density at radius 3 is 2.40 bits per heavy atom. The molecular weight excluding hydrogens is 151 g/mol. The maximum atomic E-state index is 10.6.